The number of para-hydroxylation sites is 3. The van der Waals surface area contributed by atoms with Gasteiger partial charge < -0.3 is 5.32 Å². The van der Waals surface area contributed by atoms with Crippen LogP contribution in [0.4, 0.5) is 17.3 Å². The van der Waals surface area contributed by atoms with Crippen molar-refractivity contribution in [3.63, 3.8) is 0 Å². The highest BCUT2D eigenvalue weighted by molar-refractivity contribution is 7.92. The van der Waals surface area contributed by atoms with Gasteiger partial charge in [0.2, 0.25) is 0 Å². The van der Waals surface area contributed by atoms with E-state index >= 15 is 0 Å². The van der Waals surface area contributed by atoms with Crippen LogP contribution in [0, 0.1) is 13.8 Å². The lowest BCUT2D eigenvalue weighted by molar-refractivity contribution is 0.601. The molecule has 1 heterocycles. The predicted octanol–water partition coefficient (Wildman–Crippen LogP) is 5.44. The molecule has 0 amide bonds. The number of nitrogens with zero attached hydrogens (tertiary/aromatic N) is 2. The minimum absolute atomic E-state index is 0.0832. The molecule has 0 aliphatic heterocycles. The molecule has 0 fully saturated rings. The van der Waals surface area contributed by atoms with Gasteiger partial charge in [0.1, 0.15) is 0 Å². The van der Waals surface area contributed by atoms with E-state index in [9.17, 15) is 8.42 Å². The highest BCUT2D eigenvalue weighted by Gasteiger charge is 2.19. The Morgan fingerprint density at radius 3 is 1.93 bits per heavy atom. The van der Waals surface area contributed by atoms with Crippen LogP contribution in [0.2, 0.25) is 5.02 Å². The van der Waals surface area contributed by atoms with Crippen LogP contribution in [-0.2, 0) is 10.0 Å². The smallest absolute Gasteiger partial charge is 0.263 e. The Labute approximate surface area is 180 Å². The fourth-order valence-corrected chi connectivity index (χ4v) is 4.22. The standard InChI is InChI=1S/C22H19ClN4O2S/c1-14-6-5-7-15(2)20(14)26-21-22(25-19-9-4-3-8-18(19)24-21)27-30(28,29)17-12-10-16(23)11-13-17/h3-13H,1-2H3,(H,24,26)(H,25,27). The van der Waals surface area contributed by atoms with Gasteiger partial charge in [-0.05, 0) is 61.4 Å². The van der Waals surface area contributed by atoms with Crippen molar-refractivity contribution < 1.29 is 8.42 Å². The number of benzene rings is 3. The second kappa shape index (κ2) is 7.93. The van der Waals surface area contributed by atoms with E-state index < -0.39 is 10.0 Å². The molecule has 0 bridgehead atoms. The summed E-state index contributed by atoms with van der Waals surface area (Å²) in [7, 11) is -3.88. The molecule has 0 aliphatic carbocycles. The summed E-state index contributed by atoms with van der Waals surface area (Å²) >= 11 is 5.88. The Balaban J connectivity index is 1.81. The number of anilines is 3. The van der Waals surface area contributed by atoms with Crippen LogP contribution in [0.3, 0.4) is 0 Å². The van der Waals surface area contributed by atoms with E-state index in [1.165, 1.54) is 24.3 Å². The van der Waals surface area contributed by atoms with Crippen LogP contribution in [0.1, 0.15) is 11.1 Å². The number of hydrogen-bond acceptors (Lipinski definition) is 5. The van der Waals surface area contributed by atoms with Gasteiger partial charge in [-0.2, -0.15) is 0 Å². The highest BCUT2D eigenvalue weighted by atomic mass is 35.5. The van der Waals surface area contributed by atoms with Gasteiger partial charge in [-0.1, -0.05) is 41.9 Å². The monoisotopic (exact) mass is 438 g/mol. The van der Waals surface area contributed by atoms with Gasteiger partial charge in [-0.15, -0.1) is 0 Å². The first-order valence-electron chi connectivity index (χ1n) is 9.22. The molecule has 1 aromatic heterocycles. The first-order chi connectivity index (χ1) is 14.3. The maximum atomic E-state index is 12.9. The van der Waals surface area contributed by atoms with Crippen LogP contribution in [0.15, 0.2) is 71.6 Å². The summed E-state index contributed by atoms with van der Waals surface area (Å²) in [6.45, 7) is 3.95. The Hall–Kier alpha value is -3.16. The van der Waals surface area contributed by atoms with Crippen molar-refractivity contribution in [3.8, 4) is 0 Å². The van der Waals surface area contributed by atoms with Crippen molar-refractivity contribution in [2.75, 3.05) is 10.0 Å². The second-order valence-electron chi connectivity index (χ2n) is 6.86. The van der Waals surface area contributed by atoms with Gasteiger partial charge in [-0.3, -0.25) is 4.72 Å². The molecule has 0 spiro atoms. The van der Waals surface area contributed by atoms with E-state index in [4.69, 9.17) is 11.6 Å². The first-order valence-corrected chi connectivity index (χ1v) is 11.1. The third-order valence-corrected chi connectivity index (χ3v) is 6.26. The molecule has 4 rings (SSSR count). The zero-order valence-corrected chi connectivity index (χ0v) is 17.9. The lowest BCUT2D eigenvalue weighted by Gasteiger charge is -2.16. The number of nitrogens with one attached hydrogen (secondary N) is 2. The number of hydrogen-bond donors (Lipinski definition) is 2. The number of rotatable bonds is 5. The summed E-state index contributed by atoms with van der Waals surface area (Å²) in [6.07, 6.45) is 0. The summed E-state index contributed by atoms with van der Waals surface area (Å²) in [5.41, 5.74) is 4.11. The van der Waals surface area contributed by atoms with E-state index in [0.29, 0.717) is 21.9 Å². The molecular weight excluding hydrogens is 420 g/mol. The molecule has 8 heteroatoms. The minimum Gasteiger partial charge on any atom is -0.337 e. The maximum absolute atomic E-state index is 12.9. The summed E-state index contributed by atoms with van der Waals surface area (Å²) in [5, 5.41) is 3.72. The predicted molar refractivity (Wildman–Crippen MR) is 121 cm³/mol. The molecule has 152 valence electrons. The first kappa shape index (κ1) is 20.1. The van der Waals surface area contributed by atoms with E-state index in [1.807, 2.05) is 50.2 Å². The molecule has 4 aromatic rings. The molecule has 0 atom stereocenters. The van der Waals surface area contributed by atoms with Crippen molar-refractivity contribution in [2.45, 2.75) is 18.7 Å². The van der Waals surface area contributed by atoms with Crippen molar-refractivity contribution in [3.05, 3.63) is 82.9 Å². The fraction of sp³-hybridized carbons (Fsp3) is 0.0909. The molecule has 3 aromatic carbocycles. The molecule has 6 nitrogen and oxygen atoms in total. The molecule has 2 N–H and O–H groups in total. The Morgan fingerprint density at radius 1 is 0.767 bits per heavy atom. The summed E-state index contributed by atoms with van der Waals surface area (Å²) in [5.74, 6) is 0.440. The van der Waals surface area contributed by atoms with Gasteiger partial charge in [0.25, 0.3) is 10.0 Å². The SMILES string of the molecule is Cc1cccc(C)c1Nc1nc2ccccc2nc1NS(=O)(=O)c1ccc(Cl)cc1. The van der Waals surface area contributed by atoms with E-state index in [1.54, 1.807) is 6.07 Å². The van der Waals surface area contributed by atoms with Crippen LogP contribution in [0.5, 0.6) is 0 Å². The number of fused-ring (bicyclic) bond motifs is 1. The van der Waals surface area contributed by atoms with Gasteiger partial charge in [-0.25, -0.2) is 18.4 Å². The number of aryl methyl sites for hydroxylation is 2. The molecule has 0 saturated carbocycles. The van der Waals surface area contributed by atoms with Crippen LogP contribution in [0.25, 0.3) is 11.0 Å². The average molecular weight is 439 g/mol. The van der Waals surface area contributed by atoms with E-state index in [-0.39, 0.29) is 10.7 Å². The normalized spacial score (nSPS) is 11.4. The van der Waals surface area contributed by atoms with Gasteiger partial charge in [0, 0.05) is 10.7 Å². The van der Waals surface area contributed by atoms with E-state index in [0.717, 1.165) is 16.8 Å². The Bertz CT molecular complexity index is 1320. The van der Waals surface area contributed by atoms with Gasteiger partial charge in [0.05, 0.1) is 15.9 Å². The molecular formula is C22H19ClN4O2S. The molecule has 0 unspecified atom stereocenters. The van der Waals surface area contributed by atoms with Crippen LogP contribution < -0.4 is 10.0 Å². The van der Waals surface area contributed by atoms with Crippen molar-refractivity contribution in [1.29, 1.82) is 0 Å². The minimum atomic E-state index is -3.88. The van der Waals surface area contributed by atoms with Crippen LogP contribution >= 0.6 is 11.6 Å². The Kier molecular flexibility index (Phi) is 5.32. The third kappa shape index (κ3) is 4.08. The van der Waals surface area contributed by atoms with Gasteiger partial charge >= 0.3 is 0 Å². The Morgan fingerprint density at radius 2 is 1.33 bits per heavy atom. The topological polar surface area (TPSA) is 84.0 Å². The number of sulfonamides is 1. The van der Waals surface area contributed by atoms with Gasteiger partial charge in [0.15, 0.2) is 11.6 Å². The average Bonchev–Trinajstić information content (AvgIpc) is 2.71. The molecule has 0 aliphatic rings. The zero-order valence-electron chi connectivity index (χ0n) is 16.3. The lowest BCUT2D eigenvalue weighted by atomic mass is 10.1. The highest BCUT2D eigenvalue weighted by Crippen LogP contribution is 2.30. The van der Waals surface area contributed by atoms with Crippen molar-refractivity contribution in [1.82, 2.24) is 9.97 Å². The summed E-state index contributed by atoms with van der Waals surface area (Å²) in [6, 6.07) is 19.1. The quantitative estimate of drug-likeness (QED) is 0.433. The summed E-state index contributed by atoms with van der Waals surface area (Å²) < 4.78 is 28.4. The number of halogens is 1. The number of aromatic nitrogens is 2. The van der Waals surface area contributed by atoms with Crippen molar-refractivity contribution in [2.24, 2.45) is 0 Å². The van der Waals surface area contributed by atoms with Crippen LogP contribution in [-0.4, -0.2) is 18.4 Å². The molecule has 0 saturated heterocycles. The van der Waals surface area contributed by atoms with E-state index in [2.05, 4.69) is 20.0 Å². The zero-order chi connectivity index (χ0) is 21.3. The lowest BCUT2D eigenvalue weighted by Crippen LogP contribution is -2.16. The molecule has 30 heavy (non-hydrogen) atoms. The maximum Gasteiger partial charge on any atom is 0.263 e. The third-order valence-electron chi connectivity index (χ3n) is 4.65. The van der Waals surface area contributed by atoms with Crippen molar-refractivity contribution >= 4 is 50.0 Å². The molecule has 0 radical (unpaired) electrons. The summed E-state index contributed by atoms with van der Waals surface area (Å²) in [4.78, 5) is 9.22. The second-order valence-corrected chi connectivity index (χ2v) is 8.98. The largest absolute Gasteiger partial charge is 0.337 e. The fourth-order valence-electron chi connectivity index (χ4n) is 3.09.